The fourth-order valence-corrected chi connectivity index (χ4v) is 4.55. The number of aromatic amines is 1. The Morgan fingerprint density at radius 1 is 1.15 bits per heavy atom. The Balaban J connectivity index is 1.54. The van der Waals surface area contributed by atoms with Gasteiger partial charge in [0.15, 0.2) is 0 Å². The van der Waals surface area contributed by atoms with Crippen LogP contribution in [0.4, 0.5) is 11.4 Å². The minimum atomic E-state index is -0.259. The number of fused-ring (bicyclic) bond motifs is 2. The number of carbonyl (C=O) groups is 1. The van der Waals surface area contributed by atoms with Crippen molar-refractivity contribution >= 4 is 40.9 Å². The van der Waals surface area contributed by atoms with E-state index in [4.69, 9.17) is 4.74 Å². The van der Waals surface area contributed by atoms with Gasteiger partial charge in [-0.2, -0.15) is 0 Å². The minimum absolute atomic E-state index is 0.206. The number of nitrogens with one attached hydrogen (secondary N) is 1. The van der Waals surface area contributed by atoms with E-state index in [0.29, 0.717) is 18.3 Å². The zero-order valence-electron chi connectivity index (χ0n) is 14.7. The molecule has 0 aliphatic carbocycles. The van der Waals surface area contributed by atoms with Crippen LogP contribution in [0, 0.1) is 0 Å². The summed E-state index contributed by atoms with van der Waals surface area (Å²) in [5.74, 6) is 0.694. The van der Waals surface area contributed by atoms with E-state index in [1.54, 1.807) is 18.7 Å². The van der Waals surface area contributed by atoms with Gasteiger partial charge >= 0.3 is 5.97 Å². The van der Waals surface area contributed by atoms with Gasteiger partial charge in [0, 0.05) is 9.79 Å². The topological polar surface area (TPSA) is 71.1 Å². The lowest BCUT2D eigenvalue weighted by Crippen LogP contribution is -2.20. The van der Waals surface area contributed by atoms with Crippen molar-refractivity contribution < 1.29 is 9.53 Å². The number of rotatable bonds is 6. The molecule has 27 heavy (non-hydrogen) atoms. The maximum Gasteiger partial charge on any atom is 0.316 e. The predicted octanol–water partition coefficient (Wildman–Crippen LogP) is 4.26. The number of hydrogen-bond acceptors (Lipinski definition) is 7. The SMILES string of the molecule is CCOC(=O)CSc1n[nH]c(CN2c3ccccc3Sc3ccccc32)n1. The van der Waals surface area contributed by atoms with Crippen LogP contribution in [0.1, 0.15) is 12.7 Å². The Kier molecular flexibility index (Phi) is 5.35. The smallest absolute Gasteiger partial charge is 0.316 e. The lowest BCUT2D eigenvalue weighted by atomic mass is 10.2. The first kappa shape index (κ1) is 17.9. The molecule has 0 unspecified atom stereocenters. The number of benzene rings is 2. The molecule has 1 N–H and O–H groups in total. The normalized spacial score (nSPS) is 12.4. The second-order valence-electron chi connectivity index (χ2n) is 5.78. The van der Waals surface area contributed by atoms with E-state index in [9.17, 15) is 4.79 Å². The zero-order valence-corrected chi connectivity index (χ0v) is 16.3. The lowest BCUT2D eigenvalue weighted by Gasteiger charge is -2.31. The molecular weight excluding hydrogens is 380 g/mol. The van der Waals surface area contributed by atoms with Gasteiger partial charge in [0.2, 0.25) is 5.16 Å². The third-order valence-corrected chi connectivity index (χ3v) is 5.93. The van der Waals surface area contributed by atoms with Gasteiger partial charge in [0.05, 0.1) is 30.3 Å². The predicted molar refractivity (Wildman–Crippen MR) is 107 cm³/mol. The van der Waals surface area contributed by atoms with Gasteiger partial charge in [-0.1, -0.05) is 47.8 Å². The van der Waals surface area contributed by atoms with Crippen LogP contribution in [-0.2, 0) is 16.1 Å². The number of H-pyrrole nitrogens is 1. The molecule has 2 aromatic carbocycles. The number of para-hydroxylation sites is 2. The second-order valence-corrected chi connectivity index (χ2v) is 7.81. The lowest BCUT2D eigenvalue weighted by molar-refractivity contribution is -0.139. The second kappa shape index (κ2) is 8.06. The van der Waals surface area contributed by atoms with Crippen molar-refractivity contribution in [2.75, 3.05) is 17.3 Å². The van der Waals surface area contributed by atoms with Crippen molar-refractivity contribution in [1.29, 1.82) is 0 Å². The molecule has 0 bridgehead atoms. The first-order valence-electron chi connectivity index (χ1n) is 8.57. The molecule has 6 nitrogen and oxygen atoms in total. The van der Waals surface area contributed by atoms with E-state index < -0.39 is 0 Å². The van der Waals surface area contributed by atoms with Gasteiger partial charge in [-0.05, 0) is 31.2 Å². The highest BCUT2D eigenvalue weighted by atomic mass is 32.2. The number of anilines is 2. The molecule has 0 spiro atoms. The number of nitrogens with zero attached hydrogens (tertiary/aromatic N) is 3. The molecule has 3 aromatic rings. The molecular formula is C19H18N4O2S2. The molecule has 0 radical (unpaired) electrons. The van der Waals surface area contributed by atoms with Crippen LogP contribution in [0.15, 0.2) is 63.5 Å². The van der Waals surface area contributed by atoms with E-state index >= 15 is 0 Å². The Morgan fingerprint density at radius 2 is 1.81 bits per heavy atom. The molecule has 1 aliphatic heterocycles. The molecule has 0 saturated heterocycles. The van der Waals surface area contributed by atoms with Gasteiger partial charge in [0.25, 0.3) is 0 Å². The van der Waals surface area contributed by atoms with Gasteiger partial charge in [0.1, 0.15) is 5.82 Å². The number of hydrogen-bond donors (Lipinski definition) is 1. The van der Waals surface area contributed by atoms with Gasteiger partial charge in [-0.3, -0.25) is 9.89 Å². The third-order valence-electron chi connectivity index (χ3n) is 3.98. The Bertz CT molecular complexity index is 915. The maximum absolute atomic E-state index is 11.5. The average Bonchev–Trinajstić information content (AvgIpc) is 3.14. The van der Waals surface area contributed by atoms with Crippen molar-refractivity contribution in [2.45, 2.75) is 28.4 Å². The summed E-state index contributed by atoms with van der Waals surface area (Å²) >= 11 is 3.05. The van der Waals surface area contributed by atoms with Crippen LogP contribution < -0.4 is 4.90 Å². The molecule has 138 valence electrons. The molecule has 8 heteroatoms. The Labute approximate surface area is 165 Å². The highest BCUT2D eigenvalue weighted by Gasteiger charge is 2.24. The van der Waals surface area contributed by atoms with E-state index in [1.165, 1.54) is 21.6 Å². The summed E-state index contributed by atoms with van der Waals surface area (Å²) in [6.45, 7) is 2.74. The van der Waals surface area contributed by atoms with Crippen molar-refractivity contribution in [2.24, 2.45) is 0 Å². The monoisotopic (exact) mass is 398 g/mol. The van der Waals surface area contributed by atoms with E-state index in [0.717, 1.165) is 17.2 Å². The fraction of sp³-hybridized carbons (Fsp3) is 0.211. The largest absolute Gasteiger partial charge is 0.465 e. The summed E-state index contributed by atoms with van der Waals surface area (Å²) in [4.78, 5) is 20.7. The standard InChI is InChI=1S/C19H18N4O2S2/c1-2-25-18(24)12-26-19-20-17(21-22-19)11-23-13-7-3-5-9-15(13)27-16-10-6-4-8-14(16)23/h3-10H,2,11-12H2,1H3,(H,20,21,22). The number of aromatic nitrogens is 3. The van der Waals surface area contributed by atoms with Crippen molar-refractivity contribution in [1.82, 2.24) is 15.2 Å². The van der Waals surface area contributed by atoms with Crippen LogP contribution in [0.25, 0.3) is 0 Å². The van der Waals surface area contributed by atoms with Crippen molar-refractivity contribution in [3.63, 3.8) is 0 Å². The van der Waals surface area contributed by atoms with Crippen LogP contribution in [-0.4, -0.2) is 33.5 Å². The maximum atomic E-state index is 11.5. The van der Waals surface area contributed by atoms with Crippen LogP contribution in [0.5, 0.6) is 0 Å². The number of carbonyl (C=O) groups excluding carboxylic acids is 1. The highest BCUT2D eigenvalue weighted by molar-refractivity contribution is 8.00. The first-order valence-corrected chi connectivity index (χ1v) is 10.4. The summed E-state index contributed by atoms with van der Waals surface area (Å²) in [5.41, 5.74) is 2.30. The molecule has 0 amide bonds. The van der Waals surface area contributed by atoms with Crippen LogP contribution in [0.3, 0.4) is 0 Å². The number of thioether (sulfide) groups is 1. The Morgan fingerprint density at radius 3 is 2.48 bits per heavy atom. The Hall–Kier alpha value is -2.45. The van der Waals surface area contributed by atoms with E-state index in [-0.39, 0.29) is 11.7 Å². The van der Waals surface area contributed by atoms with Gasteiger partial charge in [-0.25, -0.2) is 4.98 Å². The highest BCUT2D eigenvalue weighted by Crippen LogP contribution is 2.48. The van der Waals surface area contributed by atoms with Crippen molar-refractivity contribution in [3.05, 3.63) is 54.4 Å². The number of esters is 1. The van der Waals surface area contributed by atoms with E-state index in [2.05, 4.69) is 56.5 Å². The molecule has 0 saturated carbocycles. The summed E-state index contributed by atoms with van der Waals surface area (Å²) < 4.78 is 4.93. The summed E-state index contributed by atoms with van der Waals surface area (Å²) in [6.07, 6.45) is 0. The van der Waals surface area contributed by atoms with Crippen LogP contribution in [0.2, 0.25) is 0 Å². The van der Waals surface area contributed by atoms with Gasteiger partial charge < -0.3 is 9.64 Å². The molecule has 4 rings (SSSR count). The number of ether oxygens (including phenoxy) is 1. The average molecular weight is 399 g/mol. The molecule has 0 atom stereocenters. The van der Waals surface area contributed by atoms with E-state index in [1.807, 2.05) is 12.1 Å². The first-order chi connectivity index (χ1) is 13.2. The summed E-state index contributed by atoms with van der Waals surface area (Å²) in [6, 6.07) is 16.7. The fourth-order valence-electron chi connectivity index (χ4n) is 2.84. The van der Waals surface area contributed by atoms with Crippen LogP contribution >= 0.6 is 23.5 Å². The zero-order chi connectivity index (χ0) is 18.6. The quantitative estimate of drug-likeness (QED) is 0.491. The molecule has 0 fully saturated rings. The minimum Gasteiger partial charge on any atom is -0.465 e. The molecule has 2 heterocycles. The summed E-state index contributed by atoms with van der Waals surface area (Å²) in [5, 5.41) is 7.75. The third kappa shape index (κ3) is 3.96. The molecule has 1 aromatic heterocycles. The van der Waals surface area contributed by atoms with Gasteiger partial charge in [-0.15, -0.1) is 5.10 Å². The van der Waals surface area contributed by atoms with Crippen molar-refractivity contribution in [3.8, 4) is 0 Å². The molecule has 1 aliphatic rings. The summed E-state index contributed by atoms with van der Waals surface area (Å²) in [7, 11) is 0.